The zero-order chi connectivity index (χ0) is 46.5. The number of unbranched alkanes of at least 4 members (excludes halogenated alkanes) is 37. The van der Waals surface area contributed by atoms with Gasteiger partial charge >= 0.3 is 5.97 Å². The van der Waals surface area contributed by atoms with Crippen LogP contribution >= 0.6 is 0 Å². The lowest BCUT2D eigenvalue weighted by atomic mass is 10.0. The van der Waals surface area contributed by atoms with E-state index in [1.807, 2.05) is 6.08 Å². The summed E-state index contributed by atoms with van der Waals surface area (Å²) in [7, 11) is 0. The minimum absolute atomic E-state index is 0.0352. The molecule has 1 amide bonds. The fraction of sp³-hybridized carbons (Fsp3) is 0.862. The van der Waals surface area contributed by atoms with Crippen molar-refractivity contribution in [1.29, 1.82) is 0 Å². The molecule has 0 saturated heterocycles. The number of hydrogen-bond donors (Lipinski definition) is 3. The topological polar surface area (TPSA) is 95.9 Å². The second-order valence-corrected chi connectivity index (χ2v) is 19.3. The molecule has 0 aromatic heterocycles. The van der Waals surface area contributed by atoms with Crippen LogP contribution in [-0.4, -0.2) is 47.4 Å². The van der Waals surface area contributed by atoms with E-state index in [0.717, 1.165) is 70.6 Å². The SMILES string of the molecule is CCCC/C=C\C/C=C\CCCCCCCC(=O)OCCCCCCCCCCCCC(=O)NC(CO)C(O)/C=C/CCCCCCCCCCCCCCCCCCCCCCC. The maximum absolute atomic E-state index is 12.5. The van der Waals surface area contributed by atoms with Gasteiger partial charge in [0.05, 0.1) is 25.4 Å². The maximum Gasteiger partial charge on any atom is 0.305 e. The summed E-state index contributed by atoms with van der Waals surface area (Å²) in [6.07, 6.45) is 65.9. The van der Waals surface area contributed by atoms with Crippen LogP contribution < -0.4 is 5.32 Å². The molecule has 3 N–H and O–H groups in total. The zero-order valence-corrected chi connectivity index (χ0v) is 42.8. The normalized spacial score (nSPS) is 12.9. The molecule has 0 aromatic carbocycles. The Morgan fingerprint density at radius 1 is 0.438 bits per heavy atom. The van der Waals surface area contributed by atoms with Crippen LogP contribution in [0, 0.1) is 0 Å². The van der Waals surface area contributed by atoms with E-state index in [2.05, 4.69) is 43.5 Å². The Labute approximate surface area is 398 Å². The average Bonchev–Trinajstić information content (AvgIpc) is 3.29. The third-order valence-corrected chi connectivity index (χ3v) is 12.9. The van der Waals surface area contributed by atoms with E-state index in [1.165, 1.54) is 199 Å². The van der Waals surface area contributed by atoms with Crippen molar-refractivity contribution in [2.24, 2.45) is 0 Å². The summed E-state index contributed by atoms with van der Waals surface area (Å²) >= 11 is 0. The Morgan fingerprint density at radius 3 is 1.23 bits per heavy atom. The standard InChI is InChI=1S/C58H109NO5/c1-3-5-7-9-11-13-15-17-19-20-21-22-23-24-25-26-27-28-30-34-38-42-46-50-56(61)55(54-60)59-57(62)51-47-43-39-35-32-33-37-41-45-49-53-64-58(63)52-48-44-40-36-31-29-18-16-14-12-10-8-6-4-2/h10,12,16,18,46,50,55-56,60-61H,3-9,11,13-15,17,19-45,47-49,51-54H2,1-2H3,(H,59,62)/b12-10-,18-16-,50-46+. The number of esters is 1. The molecule has 0 spiro atoms. The first-order valence-electron chi connectivity index (χ1n) is 28.3. The fourth-order valence-electron chi connectivity index (χ4n) is 8.53. The number of ether oxygens (including phenoxy) is 1. The molecule has 6 nitrogen and oxygen atoms in total. The summed E-state index contributed by atoms with van der Waals surface area (Å²) in [4.78, 5) is 24.5. The van der Waals surface area contributed by atoms with E-state index in [1.54, 1.807) is 6.08 Å². The Kier molecular flexibility index (Phi) is 52.1. The molecule has 0 bridgehead atoms. The predicted molar refractivity (Wildman–Crippen MR) is 278 cm³/mol. The van der Waals surface area contributed by atoms with Gasteiger partial charge in [-0.1, -0.05) is 262 Å². The van der Waals surface area contributed by atoms with Crippen molar-refractivity contribution in [3.8, 4) is 0 Å². The second kappa shape index (κ2) is 53.7. The number of amides is 1. The van der Waals surface area contributed by atoms with Crippen molar-refractivity contribution in [3.05, 3.63) is 36.5 Å². The highest BCUT2D eigenvalue weighted by atomic mass is 16.5. The maximum atomic E-state index is 12.5. The van der Waals surface area contributed by atoms with Crippen molar-refractivity contribution in [1.82, 2.24) is 5.32 Å². The highest BCUT2D eigenvalue weighted by Gasteiger charge is 2.18. The number of aliphatic hydroxyl groups excluding tert-OH is 2. The average molecular weight is 901 g/mol. The van der Waals surface area contributed by atoms with Crippen LogP contribution in [0.5, 0.6) is 0 Å². The number of aliphatic hydroxyl groups is 2. The highest BCUT2D eigenvalue weighted by molar-refractivity contribution is 5.76. The van der Waals surface area contributed by atoms with Gasteiger partial charge in [0.25, 0.3) is 0 Å². The van der Waals surface area contributed by atoms with Crippen molar-refractivity contribution in [3.63, 3.8) is 0 Å². The van der Waals surface area contributed by atoms with Crippen molar-refractivity contribution < 1.29 is 24.5 Å². The van der Waals surface area contributed by atoms with Crippen LogP contribution in [0.4, 0.5) is 0 Å². The predicted octanol–water partition coefficient (Wildman–Crippen LogP) is 17.2. The first kappa shape index (κ1) is 62.1. The summed E-state index contributed by atoms with van der Waals surface area (Å²) in [5.74, 6) is -0.125. The van der Waals surface area contributed by atoms with Gasteiger partial charge in [0.2, 0.25) is 5.91 Å². The van der Waals surface area contributed by atoms with Crippen LogP contribution in [0.2, 0.25) is 0 Å². The third-order valence-electron chi connectivity index (χ3n) is 12.9. The number of hydrogen-bond acceptors (Lipinski definition) is 5. The smallest absolute Gasteiger partial charge is 0.305 e. The number of rotatable bonds is 52. The molecule has 2 unspecified atom stereocenters. The third kappa shape index (κ3) is 49.5. The number of carbonyl (C=O) groups is 2. The zero-order valence-electron chi connectivity index (χ0n) is 42.8. The first-order chi connectivity index (χ1) is 31.5. The molecule has 0 fully saturated rings. The summed E-state index contributed by atoms with van der Waals surface area (Å²) in [5, 5.41) is 23.2. The Bertz CT molecular complexity index is 1040. The lowest BCUT2D eigenvalue weighted by Gasteiger charge is -2.20. The van der Waals surface area contributed by atoms with Crippen molar-refractivity contribution in [2.45, 2.75) is 309 Å². The molecule has 376 valence electrons. The van der Waals surface area contributed by atoms with E-state index in [-0.39, 0.29) is 18.5 Å². The fourth-order valence-corrected chi connectivity index (χ4v) is 8.53. The van der Waals surface area contributed by atoms with Gasteiger partial charge < -0.3 is 20.3 Å². The molecule has 0 aliphatic heterocycles. The first-order valence-corrected chi connectivity index (χ1v) is 28.3. The van der Waals surface area contributed by atoms with Gasteiger partial charge in [-0.15, -0.1) is 0 Å². The highest BCUT2D eigenvalue weighted by Crippen LogP contribution is 2.17. The molecule has 64 heavy (non-hydrogen) atoms. The van der Waals surface area contributed by atoms with Gasteiger partial charge in [-0.25, -0.2) is 0 Å². The van der Waals surface area contributed by atoms with E-state index in [9.17, 15) is 19.8 Å². The molecule has 0 heterocycles. The minimum Gasteiger partial charge on any atom is -0.466 e. The van der Waals surface area contributed by atoms with E-state index in [0.29, 0.717) is 19.4 Å². The van der Waals surface area contributed by atoms with Crippen LogP contribution in [0.3, 0.4) is 0 Å². The summed E-state index contributed by atoms with van der Waals surface area (Å²) in [6.45, 7) is 4.81. The van der Waals surface area contributed by atoms with Gasteiger partial charge in [-0.2, -0.15) is 0 Å². The molecule has 0 aromatic rings. The number of nitrogens with one attached hydrogen (secondary N) is 1. The van der Waals surface area contributed by atoms with Crippen LogP contribution in [0.25, 0.3) is 0 Å². The molecule has 6 heteroatoms. The lowest BCUT2D eigenvalue weighted by Crippen LogP contribution is -2.45. The van der Waals surface area contributed by atoms with E-state index < -0.39 is 12.1 Å². The van der Waals surface area contributed by atoms with Gasteiger partial charge in [0, 0.05) is 12.8 Å². The molecule has 0 radical (unpaired) electrons. The van der Waals surface area contributed by atoms with Crippen molar-refractivity contribution in [2.75, 3.05) is 13.2 Å². The molecular formula is C58H109NO5. The second-order valence-electron chi connectivity index (χ2n) is 19.3. The van der Waals surface area contributed by atoms with Gasteiger partial charge in [-0.3, -0.25) is 9.59 Å². The molecule has 2 atom stereocenters. The Hall–Kier alpha value is -1.92. The van der Waals surface area contributed by atoms with Crippen LogP contribution in [0.1, 0.15) is 296 Å². The summed E-state index contributed by atoms with van der Waals surface area (Å²) in [6, 6.07) is -0.647. The summed E-state index contributed by atoms with van der Waals surface area (Å²) < 4.78 is 5.45. The molecule has 0 aliphatic rings. The van der Waals surface area contributed by atoms with Crippen LogP contribution in [0.15, 0.2) is 36.5 Å². The van der Waals surface area contributed by atoms with Crippen molar-refractivity contribution >= 4 is 11.9 Å². The summed E-state index contributed by atoms with van der Waals surface area (Å²) in [5.41, 5.74) is 0. The molecule has 0 rings (SSSR count). The number of carbonyl (C=O) groups excluding carboxylic acids is 2. The Morgan fingerprint density at radius 2 is 0.797 bits per heavy atom. The molecular weight excluding hydrogens is 791 g/mol. The minimum atomic E-state index is -0.861. The molecule has 0 saturated carbocycles. The lowest BCUT2D eigenvalue weighted by molar-refractivity contribution is -0.143. The molecule has 0 aliphatic carbocycles. The van der Waals surface area contributed by atoms with Gasteiger partial charge in [0.1, 0.15) is 0 Å². The Balaban J connectivity index is 3.52. The monoisotopic (exact) mass is 900 g/mol. The quantitative estimate of drug-likeness (QED) is 0.0321. The van der Waals surface area contributed by atoms with Gasteiger partial charge in [0.15, 0.2) is 0 Å². The van der Waals surface area contributed by atoms with E-state index in [4.69, 9.17) is 4.74 Å². The van der Waals surface area contributed by atoms with E-state index >= 15 is 0 Å². The van der Waals surface area contributed by atoms with Crippen LogP contribution in [-0.2, 0) is 14.3 Å². The number of allylic oxidation sites excluding steroid dienone is 5. The largest absolute Gasteiger partial charge is 0.466 e. The van der Waals surface area contributed by atoms with Gasteiger partial charge in [-0.05, 0) is 57.8 Å².